The van der Waals surface area contributed by atoms with E-state index < -0.39 is 17.9 Å². The van der Waals surface area contributed by atoms with Crippen LogP contribution in [0.3, 0.4) is 0 Å². The first kappa shape index (κ1) is 12.9. The summed E-state index contributed by atoms with van der Waals surface area (Å²) >= 11 is 0. The van der Waals surface area contributed by atoms with Crippen LogP contribution >= 0.6 is 0 Å². The standard InChI is InChI=1S/C10H18N2O4/c1-2-16-10(15)8(11)9(14)12-5-3-7(13)4-6-12/h7-8,13H,2-6,11H2,1H3. The Morgan fingerprint density at radius 2 is 2.06 bits per heavy atom. The van der Waals surface area contributed by atoms with Crippen LogP contribution < -0.4 is 5.73 Å². The van der Waals surface area contributed by atoms with Gasteiger partial charge in [0.25, 0.3) is 5.91 Å². The molecule has 1 heterocycles. The number of esters is 1. The molecule has 1 amide bonds. The van der Waals surface area contributed by atoms with E-state index in [1.807, 2.05) is 0 Å². The van der Waals surface area contributed by atoms with Gasteiger partial charge < -0.3 is 20.5 Å². The lowest BCUT2D eigenvalue weighted by Gasteiger charge is -2.30. The molecule has 1 unspecified atom stereocenters. The van der Waals surface area contributed by atoms with Crippen molar-refractivity contribution >= 4 is 11.9 Å². The molecule has 6 nitrogen and oxygen atoms in total. The Balaban J connectivity index is 2.47. The highest BCUT2D eigenvalue weighted by Gasteiger charge is 2.30. The number of likely N-dealkylation sites (tertiary alicyclic amines) is 1. The van der Waals surface area contributed by atoms with Crippen molar-refractivity contribution in [2.75, 3.05) is 19.7 Å². The summed E-state index contributed by atoms with van der Waals surface area (Å²) in [7, 11) is 0. The normalized spacial score (nSPS) is 19.3. The highest BCUT2D eigenvalue weighted by atomic mass is 16.5. The molecule has 1 aliphatic heterocycles. The second-order valence-corrected chi connectivity index (χ2v) is 3.79. The van der Waals surface area contributed by atoms with Gasteiger partial charge in [0.2, 0.25) is 0 Å². The molecule has 3 N–H and O–H groups in total. The molecule has 0 bridgehead atoms. The van der Waals surface area contributed by atoms with Gasteiger partial charge in [-0.25, -0.2) is 4.79 Å². The van der Waals surface area contributed by atoms with Crippen LogP contribution in [0.1, 0.15) is 19.8 Å². The van der Waals surface area contributed by atoms with Gasteiger partial charge in [0.1, 0.15) is 0 Å². The third-order valence-corrected chi connectivity index (χ3v) is 2.58. The number of carbonyl (C=O) groups is 2. The van der Waals surface area contributed by atoms with Crippen LogP contribution in [0.4, 0.5) is 0 Å². The van der Waals surface area contributed by atoms with Gasteiger partial charge in [-0.3, -0.25) is 4.79 Å². The number of aliphatic hydroxyl groups is 1. The third-order valence-electron chi connectivity index (χ3n) is 2.58. The van der Waals surface area contributed by atoms with Gasteiger partial charge in [-0.05, 0) is 19.8 Å². The fraction of sp³-hybridized carbons (Fsp3) is 0.800. The highest BCUT2D eigenvalue weighted by molar-refractivity contribution is 6.01. The maximum absolute atomic E-state index is 11.7. The van der Waals surface area contributed by atoms with Crippen LogP contribution in [0.15, 0.2) is 0 Å². The molecule has 1 atom stereocenters. The zero-order valence-electron chi connectivity index (χ0n) is 9.39. The average Bonchev–Trinajstić information content (AvgIpc) is 2.28. The Labute approximate surface area is 94.3 Å². The van der Waals surface area contributed by atoms with Crippen molar-refractivity contribution in [3.8, 4) is 0 Å². The van der Waals surface area contributed by atoms with Crippen molar-refractivity contribution < 1.29 is 19.4 Å². The smallest absolute Gasteiger partial charge is 0.332 e. The maximum atomic E-state index is 11.7. The fourth-order valence-corrected chi connectivity index (χ4v) is 1.62. The second-order valence-electron chi connectivity index (χ2n) is 3.79. The van der Waals surface area contributed by atoms with E-state index in [0.29, 0.717) is 25.9 Å². The summed E-state index contributed by atoms with van der Waals surface area (Å²) in [6, 6.07) is -1.24. The molecule has 1 rings (SSSR count). The predicted molar refractivity (Wildman–Crippen MR) is 56.4 cm³/mol. The topological polar surface area (TPSA) is 92.9 Å². The van der Waals surface area contributed by atoms with Crippen LogP contribution in [0, 0.1) is 0 Å². The molecule has 0 radical (unpaired) electrons. The zero-order valence-corrected chi connectivity index (χ0v) is 9.39. The van der Waals surface area contributed by atoms with Gasteiger partial charge >= 0.3 is 5.97 Å². The van der Waals surface area contributed by atoms with Gasteiger partial charge in [-0.2, -0.15) is 0 Å². The molecule has 0 spiro atoms. The molecule has 0 saturated carbocycles. The van der Waals surface area contributed by atoms with E-state index >= 15 is 0 Å². The Bertz CT molecular complexity index is 262. The fourth-order valence-electron chi connectivity index (χ4n) is 1.62. The second kappa shape index (κ2) is 5.81. The zero-order chi connectivity index (χ0) is 12.1. The van der Waals surface area contributed by atoms with Crippen LogP contribution in [0.25, 0.3) is 0 Å². The van der Waals surface area contributed by atoms with Gasteiger partial charge in [0.15, 0.2) is 6.04 Å². The molecule has 0 aromatic rings. The molecule has 1 aliphatic rings. The largest absolute Gasteiger partial charge is 0.464 e. The number of hydrogen-bond donors (Lipinski definition) is 2. The van der Waals surface area contributed by atoms with E-state index in [9.17, 15) is 14.7 Å². The number of hydrogen-bond acceptors (Lipinski definition) is 5. The number of nitrogens with two attached hydrogens (primary N) is 1. The van der Waals surface area contributed by atoms with Crippen molar-refractivity contribution in [1.82, 2.24) is 4.90 Å². The Kier molecular flexibility index (Phi) is 4.70. The van der Waals surface area contributed by atoms with Crippen LogP contribution in [-0.2, 0) is 14.3 Å². The van der Waals surface area contributed by atoms with Gasteiger partial charge in [0, 0.05) is 13.1 Å². The number of nitrogens with zero attached hydrogens (tertiary/aromatic N) is 1. The molecule has 1 fully saturated rings. The number of ether oxygens (including phenoxy) is 1. The van der Waals surface area contributed by atoms with E-state index in [1.54, 1.807) is 6.92 Å². The Morgan fingerprint density at radius 1 is 1.50 bits per heavy atom. The first-order valence-electron chi connectivity index (χ1n) is 5.45. The molecule has 6 heteroatoms. The molecule has 0 aromatic heterocycles. The summed E-state index contributed by atoms with van der Waals surface area (Å²) in [6.07, 6.45) is 0.700. The summed E-state index contributed by atoms with van der Waals surface area (Å²) in [4.78, 5) is 24.5. The molecule has 0 aromatic carbocycles. The van der Waals surface area contributed by atoms with E-state index in [4.69, 9.17) is 5.73 Å². The van der Waals surface area contributed by atoms with E-state index in [2.05, 4.69) is 4.74 Å². The van der Waals surface area contributed by atoms with Gasteiger partial charge in [0.05, 0.1) is 12.7 Å². The highest BCUT2D eigenvalue weighted by Crippen LogP contribution is 2.10. The summed E-state index contributed by atoms with van der Waals surface area (Å²) in [6.45, 7) is 2.74. The van der Waals surface area contributed by atoms with Gasteiger partial charge in [-0.15, -0.1) is 0 Å². The van der Waals surface area contributed by atoms with Crippen LogP contribution in [0.2, 0.25) is 0 Å². The summed E-state index contributed by atoms with van der Waals surface area (Å²) in [5.41, 5.74) is 5.48. The van der Waals surface area contributed by atoms with Crippen LogP contribution in [0.5, 0.6) is 0 Å². The predicted octanol–water partition coefficient (Wildman–Crippen LogP) is -1.14. The Morgan fingerprint density at radius 3 is 2.56 bits per heavy atom. The SMILES string of the molecule is CCOC(=O)C(N)C(=O)N1CCC(O)CC1. The molecule has 16 heavy (non-hydrogen) atoms. The first-order chi connectivity index (χ1) is 7.56. The summed E-state index contributed by atoms with van der Waals surface area (Å²) in [5, 5.41) is 9.28. The quantitative estimate of drug-likeness (QED) is 0.472. The number of carbonyl (C=O) groups excluding carboxylic acids is 2. The number of rotatable bonds is 3. The maximum Gasteiger partial charge on any atom is 0.332 e. The first-order valence-corrected chi connectivity index (χ1v) is 5.45. The molecular formula is C10H18N2O4. The van der Waals surface area contributed by atoms with Crippen molar-refractivity contribution in [2.45, 2.75) is 31.9 Å². The van der Waals surface area contributed by atoms with Gasteiger partial charge in [-0.1, -0.05) is 0 Å². The summed E-state index contributed by atoms with van der Waals surface area (Å²) in [5.74, 6) is -1.12. The van der Waals surface area contributed by atoms with Crippen molar-refractivity contribution in [1.29, 1.82) is 0 Å². The molecule has 1 saturated heterocycles. The molecule has 92 valence electrons. The minimum Gasteiger partial charge on any atom is -0.464 e. The lowest BCUT2D eigenvalue weighted by atomic mass is 10.1. The van der Waals surface area contributed by atoms with Crippen molar-refractivity contribution in [2.24, 2.45) is 5.73 Å². The van der Waals surface area contributed by atoms with Crippen molar-refractivity contribution in [3.05, 3.63) is 0 Å². The summed E-state index contributed by atoms with van der Waals surface area (Å²) < 4.78 is 4.68. The van der Waals surface area contributed by atoms with E-state index in [0.717, 1.165) is 0 Å². The van der Waals surface area contributed by atoms with E-state index in [1.165, 1.54) is 4.90 Å². The van der Waals surface area contributed by atoms with Crippen molar-refractivity contribution in [3.63, 3.8) is 0 Å². The third kappa shape index (κ3) is 3.18. The number of aliphatic hydroxyl groups excluding tert-OH is 1. The Hall–Kier alpha value is -1.14. The lowest BCUT2D eigenvalue weighted by Crippen LogP contribution is -2.51. The lowest BCUT2D eigenvalue weighted by molar-refractivity contribution is -0.151. The minimum absolute atomic E-state index is 0.207. The molecule has 0 aliphatic carbocycles. The average molecular weight is 230 g/mol. The van der Waals surface area contributed by atoms with E-state index in [-0.39, 0.29) is 12.7 Å². The monoisotopic (exact) mass is 230 g/mol. The minimum atomic E-state index is -1.24. The van der Waals surface area contributed by atoms with Crippen LogP contribution in [-0.4, -0.2) is 53.7 Å². The number of amides is 1. The molecular weight excluding hydrogens is 212 g/mol. The number of piperidine rings is 1.